The van der Waals surface area contributed by atoms with Crippen molar-refractivity contribution in [3.63, 3.8) is 0 Å². The number of carboxylic acid groups (broad SMARTS) is 1. The van der Waals surface area contributed by atoms with Gasteiger partial charge in [0.05, 0.1) is 0 Å². The zero-order valence-corrected chi connectivity index (χ0v) is 7.23. The van der Waals surface area contributed by atoms with Crippen molar-refractivity contribution in [2.75, 3.05) is 5.73 Å². The smallest absolute Gasteiger partial charge is 0.377 e. The van der Waals surface area contributed by atoms with Crippen molar-refractivity contribution in [2.24, 2.45) is 0 Å². The van der Waals surface area contributed by atoms with E-state index in [1.807, 2.05) is 0 Å². The van der Waals surface area contributed by atoms with Gasteiger partial charge in [-0.3, -0.25) is 9.78 Å². The number of rotatable bonds is 3. The number of hydrogen-bond donors (Lipinski definition) is 2. The van der Waals surface area contributed by atoms with Crippen LogP contribution in [0.4, 0.5) is 5.69 Å². The van der Waals surface area contributed by atoms with Crippen molar-refractivity contribution in [2.45, 2.75) is 0 Å². The van der Waals surface area contributed by atoms with Gasteiger partial charge < -0.3 is 10.8 Å². The molecule has 1 heterocycles. The molecule has 0 bridgehead atoms. The van der Waals surface area contributed by atoms with Gasteiger partial charge in [0, 0.05) is 29.2 Å². The Balaban J connectivity index is 3.08. The van der Waals surface area contributed by atoms with Crippen molar-refractivity contribution < 1.29 is 14.7 Å². The van der Waals surface area contributed by atoms with Crippen LogP contribution in [-0.4, -0.2) is 21.8 Å². The average Bonchev–Trinajstić information content (AvgIpc) is 2.16. The van der Waals surface area contributed by atoms with Crippen LogP contribution in [-0.2, 0) is 9.59 Å². The van der Waals surface area contributed by atoms with E-state index in [4.69, 9.17) is 10.8 Å². The molecule has 0 saturated heterocycles. The summed E-state index contributed by atoms with van der Waals surface area (Å²) in [5.74, 6) is -2.64. The van der Waals surface area contributed by atoms with Crippen molar-refractivity contribution >= 4 is 23.0 Å². The fourth-order valence-corrected chi connectivity index (χ4v) is 0.909. The minimum Gasteiger partial charge on any atom is -0.475 e. The average molecular weight is 192 g/mol. The van der Waals surface area contributed by atoms with Crippen LogP contribution in [0.15, 0.2) is 25.0 Å². The number of nitrogens with two attached hydrogens (primary N) is 1. The molecule has 14 heavy (non-hydrogen) atoms. The summed E-state index contributed by atoms with van der Waals surface area (Å²) in [6, 6.07) is 1.47. The molecule has 1 aromatic heterocycles. The highest BCUT2D eigenvalue weighted by molar-refractivity contribution is 6.51. The van der Waals surface area contributed by atoms with E-state index in [0.29, 0.717) is 0 Å². The predicted octanol–water partition coefficient (Wildman–Crippen LogP) is 0.331. The third-order valence-corrected chi connectivity index (χ3v) is 1.65. The summed E-state index contributed by atoms with van der Waals surface area (Å²) in [6.07, 6.45) is 2.75. The molecule has 0 saturated carbocycles. The molecular weight excluding hydrogens is 184 g/mol. The summed E-state index contributed by atoms with van der Waals surface area (Å²) in [7, 11) is 0. The number of carboxylic acids is 1. The molecule has 72 valence electrons. The van der Waals surface area contributed by atoms with E-state index in [0.717, 1.165) is 0 Å². The molecule has 0 fully saturated rings. The number of pyridine rings is 1. The molecule has 1 aromatic rings. The normalized spacial score (nSPS) is 9.43. The minimum absolute atomic E-state index is 0.164. The first-order chi connectivity index (χ1) is 6.54. The lowest BCUT2D eigenvalue weighted by atomic mass is 10.0. The number of nitrogens with zero attached hydrogens (tertiary/aromatic N) is 1. The Morgan fingerprint density at radius 2 is 2.14 bits per heavy atom. The summed E-state index contributed by atoms with van der Waals surface area (Å²) >= 11 is 0. The first kappa shape index (κ1) is 9.91. The van der Waals surface area contributed by atoms with Crippen molar-refractivity contribution in [1.29, 1.82) is 0 Å². The molecule has 0 amide bonds. The SMILES string of the molecule is C=C(C(=O)C(=O)O)c1cnccc1N. The highest BCUT2D eigenvalue weighted by Gasteiger charge is 2.18. The van der Waals surface area contributed by atoms with E-state index in [9.17, 15) is 9.59 Å². The van der Waals surface area contributed by atoms with Crippen LogP contribution < -0.4 is 5.73 Å². The summed E-state index contributed by atoms with van der Waals surface area (Å²) in [5.41, 5.74) is 5.88. The summed E-state index contributed by atoms with van der Waals surface area (Å²) in [5, 5.41) is 8.43. The molecule has 5 heteroatoms. The fourth-order valence-electron chi connectivity index (χ4n) is 0.909. The number of carbonyl (C=O) groups is 2. The molecule has 5 nitrogen and oxygen atoms in total. The van der Waals surface area contributed by atoms with E-state index < -0.39 is 11.8 Å². The number of carbonyl (C=O) groups excluding carboxylic acids is 1. The standard InChI is InChI=1S/C9H8N2O3/c1-5(8(12)9(13)14)6-4-11-3-2-7(6)10/h2-4H,1H2,(H2,10,11)(H,13,14). The maximum atomic E-state index is 11.0. The zero-order valence-electron chi connectivity index (χ0n) is 7.23. The second-order valence-electron chi connectivity index (χ2n) is 2.58. The van der Waals surface area contributed by atoms with Gasteiger partial charge in [0.25, 0.3) is 5.78 Å². The van der Waals surface area contributed by atoms with Crippen molar-refractivity contribution in [3.05, 3.63) is 30.6 Å². The number of anilines is 1. The highest BCUT2D eigenvalue weighted by atomic mass is 16.4. The number of aromatic nitrogens is 1. The zero-order chi connectivity index (χ0) is 10.7. The van der Waals surface area contributed by atoms with E-state index in [-0.39, 0.29) is 16.8 Å². The van der Waals surface area contributed by atoms with Gasteiger partial charge in [0.15, 0.2) is 0 Å². The predicted molar refractivity (Wildman–Crippen MR) is 50.3 cm³/mol. The Bertz CT molecular complexity index is 412. The number of aliphatic carboxylic acids is 1. The van der Waals surface area contributed by atoms with Gasteiger partial charge in [-0.25, -0.2) is 4.79 Å². The van der Waals surface area contributed by atoms with Gasteiger partial charge in [-0.1, -0.05) is 6.58 Å². The lowest BCUT2D eigenvalue weighted by molar-refractivity contribution is -0.146. The molecule has 0 aliphatic heterocycles. The molecule has 0 atom stereocenters. The molecule has 0 unspecified atom stereocenters. The van der Waals surface area contributed by atoms with Crippen LogP contribution in [0.1, 0.15) is 5.56 Å². The summed E-state index contributed by atoms with van der Waals surface area (Å²) < 4.78 is 0. The number of nitrogen functional groups attached to an aromatic ring is 1. The number of ketones is 1. The van der Waals surface area contributed by atoms with Gasteiger partial charge in [-0.2, -0.15) is 0 Å². The molecule has 0 aliphatic rings. The maximum Gasteiger partial charge on any atom is 0.377 e. The van der Waals surface area contributed by atoms with Gasteiger partial charge in [-0.15, -0.1) is 0 Å². The molecule has 0 radical (unpaired) electrons. The molecule has 0 aliphatic carbocycles. The Morgan fingerprint density at radius 3 is 2.64 bits per heavy atom. The van der Waals surface area contributed by atoms with Gasteiger partial charge in [0.1, 0.15) is 0 Å². The molecule has 3 N–H and O–H groups in total. The Morgan fingerprint density at radius 1 is 1.50 bits per heavy atom. The second kappa shape index (κ2) is 3.69. The maximum absolute atomic E-state index is 11.0. The quantitative estimate of drug-likeness (QED) is 0.531. The van der Waals surface area contributed by atoms with Gasteiger partial charge >= 0.3 is 5.97 Å². The highest BCUT2D eigenvalue weighted by Crippen LogP contribution is 2.18. The summed E-state index contributed by atoms with van der Waals surface area (Å²) in [6.45, 7) is 3.36. The molecule has 0 aromatic carbocycles. The third-order valence-electron chi connectivity index (χ3n) is 1.65. The number of Topliss-reactive ketones (excluding diaryl/α,β-unsaturated/α-hetero) is 1. The van der Waals surface area contributed by atoms with Crippen LogP contribution in [0.25, 0.3) is 5.57 Å². The first-order valence-electron chi connectivity index (χ1n) is 3.70. The van der Waals surface area contributed by atoms with Crippen LogP contribution in [0.5, 0.6) is 0 Å². The van der Waals surface area contributed by atoms with E-state index in [2.05, 4.69) is 11.6 Å². The van der Waals surface area contributed by atoms with Crippen LogP contribution in [0, 0.1) is 0 Å². The lowest BCUT2D eigenvalue weighted by Crippen LogP contribution is -2.14. The Kier molecular flexibility index (Phi) is 2.62. The topological polar surface area (TPSA) is 93.3 Å². The van der Waals surface area contributed by atoms with E-state index in [1.165, 1.54) is 18.5 Å². The molecule has 0 spiro atoms. The summed E-state index contributed by atoms with van der Waals surface area (Å²) in [4.78, 5) is 25.1. The second-order valence-corrected chi connectivity index (χ2v) is 2.58. The monoisotopic (exact) mass is 192 g/mol. The van der Waals surface area contributed by atoms with Crippen molar-refractivity contribution in [1.82, 2.24) is 4.98 Å². The largest absolute Gasteiger partial charge is 0.475 e. The fraction of sp³-hybridized carbons (Fsp3) is 0. The van der Waals surface area contributed by atoms with Crippen LogP contribution in [0.3, 0.4) is 0 Å². The van der Waals surface area contributed by atoms with Crippen molar-refractivity contribution in [3.8, 4) is 0 Å². The van der Waals surface area contributed by atoms with Gasteiger partial charge in [0.2, 0.25) is 0 Å². The first-order valence-corrected chi connectivity index (χ1v) is 3.70. The Hall–Kier alpha value is -2.17. The number of hydrogen-bond acceptors (Lipinski definition) is 4. The van der Waals surface area contributed by atoms with Gasteiger partial charge in [-0.05, 0) is 6.07 Å². The third kappa shape index (κ3) is 1.77. The van der Waals surface area contributed by atoms with Crippen LogP contribution >= 0.6 is 0 Å². The molecular formula is C9H8N2O3. The molecule has 1 rings (SSSR count). The van der Waals surface area contributed by atoms with E-state index in [1.54, 1.807) is 0 Å². The van der Waals surface area contributed by atoms with E-state index >= 15 is 0 Å². The lowest BCUT2D eigenvalue weighted by Gasteiger charge is -2.03. The minimum atomic E-state index is -1.56. The Labute approximate surface area is 79.9 Å². The van der Waals surface area contributed by atoms with Crippen LogP contribution in [0.2, 0.25) is 0 Å².